The summed E-state index contributed by atoms with van der Waals surface area (Å²) in [4.78, 5) is 46.2. The Morgan fingerprint density at radius 3 is 2.50 bits per heavy atom. The highest BCUT2D eigenvalue weighted by atomic mass is 16.6. The third-order valence-electron chi connectivity index (χ3n) is 3.67. The summed E-state index contributed by atoms with van der Waals surface area (Å²) < 4.78 is 0. The fraction of sp³-hybridized carbons (Fsp3) is 0.267. The van der Waals surface area contributed by atoms with Crippen LogP contribution in [0.15, 0.2) is 35.6 Å². The quantitative estimate of drug-likeness (QED) is 0.571. The first kappa shape index (κ1) is 17.1. The lowest BCUT2D eigenvalue weighted by molar-refractivity contribution is -0.385. The molecule has 1 heterocycles. The molecule has 1 atom stereocenters. The van der Waals surface area contributed by atoms with E-state index in [-0.39, 0.29) is 23.4 Å². The molecule has 2 rings (SSSR count). The average molecular weight is 333 g/mol. The van der Waals surface area contributed by atoms with Gasteiger partial charge >= 0.3 is 0 Å². The smallest absolute Gasteiger partial charge is 0.290 e. The number of rotatable bonds is 6. The van der Waals surface area contributed by atoms with E-state index in [9.17, 15) is 34.7 Å². The van der Waals surface area contributed by atoms with Crippen molar-refractivity contribution in [1.82, 2.24) is 4.90 Å². The summed E-state index contributed by atoms with van der Waals surface area (Å²) in [6.45, 7) is 0.752. The van der Waals surface area contributed by atoms with E-state index >= 15 is 0 Å². The SMILES string of the molecule is CC(=O)C1=C(O)C(=O)N(CCC(=O)[O-])[C@H]1c1ccccc1[N+](=O)[O-]. The van der Waals surface area contributed by atoms with Crippen molar-refractivity contribution in [3.05, 3.63) is 51.3 Å². The highest BCUT2D eigenvalue weighted by Crippen LogP contribution is 2.41. The van der Waals surface area contributed by atoms with Crippen molar-refractivity contribution in [2.45, 2.75) is 19.4 Å². The molecule has 1 aliphatic heterocycles. The lowest BCUT2D eigenvalue weighted by Gasteiger charge is -2.26. The molecular formula is C15H13N2O7-. The molecule has 126 valence electrons. The van der Waals surface area contributed by atoms with Crippen molar-refractivity contribution >= 4 is 23.3 Å². The molecular weight excluding hydrogens is 320 g/mol. The van der Waals surface area contributed by atoms with E-state index in [1.807, 2.05) is 0 Å². The van der Waals surface area contributed by atoms with Gasteiger partial charge in [-0.25, -0.2) is 0 Å². The zero-order chi connectivity index (χ0) is 18.0. The second-order valence-electron chi connectivity index (χ2n) is 5.16. The second-order valence-corrected chi connectivity index (χ2v) is 5.16. The fourth-order valence-corrected chi connectivity index (χ4v) is 2.66. The number of carbonyl (C=O) groups is 3. The second kappa shape index (κ2) is 6.49. The van der Waals surface area contributed by atoms with Gasteiger partial charge in [0, 0.05) is 25.0 Å². The van der Waals surface area contributed by atoms with Gasteiger partial charge in [0.05, 0.1) is 22.1 Å². The molecule has 0 aromatic heterocycles. The molecule has 0 saturated heterocycles. The summed E-state index contributed by atoms with van der Waals surface area (Å²) in [6.07, 6.45) is -0.540. The highest BCUT2D eigenvalue weighted by Gasteiger charge is 2.44. The van der Waals surface area contributed by atoms with Crippen molar-refractivity contribution in [2.24, 2.45) is 0 Å². The number of carbonyl (C=O) groups excluding carboxylic acids is 3. The van der Waals surface area contributed by atoms with Gasteiger partial charge in [-0.2, -0.15) is 0 Å². The lowest BCUT2D eigenvalue weighted by atomic mass is 9.95. The third kappa shape index (κ3) is 2.96. The number of aliphatic hydroxyl groups is 1. The predicted octanol–water partition coefficient (Wildman–Crippen LogP) is 0.0192. The number of nitro benzene ring substituents is 1. The van der Waals surface area contributed by atoms with E-state index in [1.165, 1.54) is 24.3 Å². The molecule has 1 aromatic rings. The molecule has 0 radical (unpaired) electrons. The van der Waals surface area contributed by atoms with Crippen LogP contribution in [0.3, 0.4) is 0 Å². The monoisotopic (exact) mass is 333 g/mol. The van der Waals surface area contributed by atoms with Gasteiger partial charge in [-0.15, -0.1) is 0 Å². The van der Waals surface area contributed by atoms with Crippen LogP contribution in [-0.2, 0) is 14.4 Å². The summed E-state index contributed by atoms with van der Waals surface area (Å²) >= 11 is 0. The number of aliphatic carboxylic acids is 1. The molecule has 0 saturated carbocycles. The first-order chi connectivity index (χ1) is 11.3. The number of benzene rings is 1. The molecule has 1 aliphatic rings. The molecule has 1 amide bonds. The van der Waals surface area contributed by atoms with Crippen LogP contribution in [0.25, 0.3) is 0 Å². The van der Waals surface area contributed by atoms with Gasteiger partial charge in [-0.1, -0.05) is 12.1 Å². The number of para-hydroxylation sites is 1. The zero-order valence-corrected chi connectivity index (χ0v) is 12.6. The van der Waals surface area contributed by atoms with E-state index < -0.39 is 40.8 Å². The Kier molecular flexibility index (Phi) is 4.63. The van der Waals surface area contributed by atoms with Crippen LogP contribution in [0.5, 0.6) is 0 Å². The van der Waals surface area contributed by atoms with Crippen LogP contribution < -0.4 is 5.11 Å². The number of carboxylic acid groups (broad SMARTS) is 1. The van der Waals surface area contributed by atoms with Crippen LogP contribution in [0, 0.1) is 10.1 Å². The molecule has 24 heavy (non-hydrogen) atoms. The maximum absolute atomic E-state index is 12.2. The van der Waals surface area contributed by atoms with Crippen molar-refractivity contribution < 1.29 is 29.5 Å². The number of hydrogen-bond acceptors (Lipinski definition) is 7. The molecule has 9 heteroatoms. The fourth-order valence-electron chi connectivity index (χ4n) is 2.66. The highest BCUT2D eigenvalue weighted by molar-refractivity contribution is 6.08. The number of hydrogen-bond donors (Lipinski definition) is 1. The number of aliphatic hydroxyl groups excluding tert-OH is 1. The molecule has 0 aliphatic carbocycles. The predicted molar refractivity (Wildman–Crippen MR) is 77.5 cm³/mol. The van der Waals surface area contributed by atoms with E-state index in [1.54, 1.807) is 0 Å². The average Bonchev–Trinajstić information content (AvgIpc) is 2.77. The van der Waals surface area contributed by atoms with Gasteiger partial charge in [0.25, 0.3) is 11.6 Å². The minimum Gasteiger partial charge on any atom is -0.550 e. The Balaban J connectivity index is 2.59. The molecule has 0 bridgehead atoms. The maximum Gasteiger partial charge on any atom is 0.290 e. The van der Waals surface area contributed by atoms with E-state index in [2.05, 4.69) is 0 Å². The number of carboxylic acids is 1. The lowest BCUT2D eigenvalue weighted by Crippen LogP contribution is -2.35. The molecule has 0 fully saturated rings. The van der Waals surface area contributed by atoms with Crippen molar-refractivity contribution in [3.63, 3.8) is 0 Å². The summed E-state index contributed by atoms with van der Waals surface area (Å²) in [5.74, 6) is -3.85. The standard InChI is InChI=1S/C15H14N2O7/c1-8(18)12-13(9-4-2-3-5-10(9)17(23)24)16(7-6-11(19)20)15(22)14(12)21/h2-5,13,21H,6-7H2,1H3,(H,19,20)/p-1/t13-/m0/s1. The Morgan fingerprint density at radius 2 is 1.96 bits per heavy atom. The van der Waals surface area contributed by atoms with Crippen molar-refractivity contribution in [1.29, 1.82) is 0 Å². The van der Waals surface area contributed by atoms with E-state index in [0.29, 0.717) is 0 Å². The molecule has 1 aromatic carbocycles. The largest absolute Gasteiger partial charge is 0.550 e. The molecule has 0 spiro atoms. The number of Topliss-reactive ketones (excluding diaryl/α,β-unsaturated/α-hetero) is 1. The van der Waals surface area contributed by atoms with Crippen LogP contribution in [-0.4, -0.2) is 39.1 Å². The summed E-state index contributed by atoms with van der Waals surface area (Å²) in [7, 11) is 0. The number of nitro groups is 1. The Morgan fingerprint density at radius 1 is 1.33 bits per heavy atom. The number of nitrogens with zero attached hydrogens (tertiary/aromatic N) is 2. The van der Waals surface area contributed by atoms with Gasteiger partial charge in [-0.05, 0) is 13.0 Å². The molecule has 1 N–H and O–H groups in total. The Hall–Kier alpha value is -3.23. The van der Waals surface area contributed by atoms with Crippen LogP contribution in [0.1, 0.15) is 24.9 Å². The van der Waals surface area contributed by atoms with Gasteiger partial charge < -0.3 is 19.9 Å². The molecule has 9 nitrogen and oxygen atoms in total. The van der Waals surface area contributed by atoms with Gasteiger partial charge in [0.1, 0.15) is 0 Å². The van der Waals surface area contributed by atoms with Crippen molar-refractivity contribution in [2.75, 3.05) is 6.54 Å². The van der Waals surface area contributed by atoms with Crippen LogP contribution in [0.2, 0.25) is 0 Å². The summed E-state index contributed by atoms with van der Waals surface area (Å²) in [5, 5.41) is 31.9. The van der Waals surface area contributed by atoms with Gasteiger partial charge in [0.15, 0.2) is 11.5 Å². The molecule has 0 unspecified atom stereocenters. The van der Waals surface area contributed by atoms with Crippen LogP contribution >= 0.6 is 0 Å². The summed E-state index contributed by atoms with van der Waals surface area (Å²) in [6, 6.07) is 4.22. The van der Waals surface area contributed by atoms with Gasteiger partial charge in [0.2, 0.25) is 0 Å². The zero-order valence-electron chi connectivity index (χ0n) is 12.6. The maximum atomic E-state index is 12.2. The van der Waals surface area contributed by atoms with Gasteiger partial charge in [-0.3, -0.25) is 19.7 Å². The number of ketones is 1. The minimum atomic E-state index is -1.43. The minimum absolute atomic E-state index is 0.0171. The van der Waals surface area contributed by atoms with E-state index in [0.717, 1.165) is 11.8 Å². The van der Waals surface area contributed by atoms with E-state index in [4.69, 9.17) is 0 Å². The summed E-state index contributed by atoms with van der Waals surface area (Å²) in [5.41, 5.74) is -0.627. The Bertz CT molecular complexity index is 769. The first-order valence-electron chi connectivity index (χ1n) is 6.94. The van der Waals surface area contributed by atoms with Crippen molar-refractivity contribution in [3.8, 4) is 0 Å². The first-order valence-corrected chi connectivity index (χ1v) is 6.94. The topological polar surface area (TPSA) is 141 Å². The third-order valence-corrected chi connectivity index (χ3v) is 3.67. The number of amides is 1. The normalized spacial score (nSPS) is 17.3. The Labute approximate surface area is 136 Å². The van der Waals surface area contributed by atoms with Crippen LogP contribution in [0.4, 0.5) is 5.69 Å².